The summed E-state index contributed by atoms with van der Waals surface area (Å²) in [6.45, 7) is 5.75. The predicted octanol–water partition coefficient (Wildman–Crippen LogP) is 1.74. The number of oxazole rings is 1. The summed E-state index contributed by atoms with van der Waals surface area (Å²) in [5, 5.41) is 4.13. The molecular weight excluding hydrogens is 310 g/mol. The number of ether oxygens (including phenoxy) is 1. The third-order valence-corrected chi connectivity index (χ3v) is 4.08. The van der Waals surface area contributed by atoms with Gasteiger partial charge in [0.05, 0.1) is 31.2 Å². The van der Waals surface area contributed by atoms with Crippen LogP contribution in [-0.4, -0.2) is 50.4 Å². The van der Waals surface area contributed by atoms with Gasteiger partial charge in [-0.15, -0.1) is 0 Å². The Hall–Kier alpha value is -2.45. The molecule has 8 nitrogen and oxygen atoms in total. The molecule has 0 saturated carbocycles. The molecule has 8 heteroatoms. The highest BCUT2D eigenvalue weighted by atomic mass is 16.5. The van der Waals surface area contributed by atoms with Crippen LogP contribution in [0.4, 0.5) is 0 Å². The Kier molecular flexibility index (Phi) is 4.14. The standard InChI is InChI=1S/C16H19N5O3/c1-12-14(19-16(24-12)15-3-2-5-23-15)9-20-4-6-22-13(7-20)8-21-11-17-10-18-21/h2-3,5,10-11,13H,4,6-9H2,1H3/t13-/m1/s1. The van der Waals surface area contributed by atoms with Crippen molar-refractivity contribution in [3.63, 3.8) is 0 Å². The van der Waals surface area contributed by atoms with E-state index < -0.39 is 0 Å². The van der Waals surface area contributed by atoms with Crippen LogP contribution in [0.25, 0.3) is 11.7 Å². The van der Waals surface area contributed by atoms with Gasteiger partial charge in [0.25, 0.3) is 5.89 Å². The van der Waals surface area contributed by atoms with Gasteiger partial charge in [-0.2, -0.15) is 5.10 Å². The molecule has 3 aromatic heterocycles. The lowest BCUT2D eigenvalue weighted by Crippen LogP contribution is -2.43. The number of aryl methyl sites for hydroxylation is 1. The molecule has 1 fully saturated rings. The molecule has 0 radical (unpaired) electrons. The molecule has 0 aliphatic carbocycles. The second kappa shape index (κ2) is 6.58. The summed E-state index contributed by atoms with van der Waals surface area (Å²) in [5.74, 6) is 2.00. The van der Waals surface area contributed by atoms with E-state index >= 15 is 0 Å². The van der Waals surface area contributed by atoms with Crippen LogP contribution in [0.15, 0.2) is 39.9 Å². The van der Waals surface area contributed by atoms with Crippen molar-refractivity contribution in [3.05, 3.63) is 42.5 Å². The van der Waals surface area contributed by atoms with Crippen LogP contribution in [0, 0.1) is 6.92 Å². The van der Waals surface area contributed by atoms with Crippen LogP contribution >= 0.6 is 0 Å². The van der Waals surface area contributed by atoms with Crippen LogP contribution in [0.5, 0.6) is 0 Å². The lowest BCUT2D eigenvalue weighted by molar-refractivity contribution is -0.0406. The average Bonchev–Trinajstić information content (AvgIpc) is 3.31. The summed E-state index contributed by atoms with van der Waals surface area (Å²) in [6.07, 6.45) is 4.96. The van der Waals surface area contributed by atoms with Crippen molar-refractivity contribution >= 4 is 0 Å². The fourth-order valence-electron chi connectivity index (χ4n) is 2.86. The topological polar surface area (TPSA) is 82.4 Å². The number of morpholine rings is 1. The van der Waals surface area contributed by atoms with Gasteiger partial charge in [0, 0.05) is 19.6 Å². The summed E-state index contributed by atoms with van der Waals surface area (Å²) < 4.78 is 18.7. The zero-order valence-electron chi connectivity index (χ0n) is 13.5. The molecule has 24 heavy (non-hydrogen) atoms. The Morgan fingerprint density at radius 1 is 1.38 bits per heavy atom. The van der Waals surface area contributed by atoms with Gasteiger partial charge in [-0.1, -0.05) is 0 Å². The van der Waals surface area contributed by atoms with Gasteiger partial charge < -0.3 is 13.6 Å². The molecular formula is C16H19N5O3. The molecule has 0 aromatic carbocycles. The predicted molar refractivity (Wildman–Crippen MR) is 84.0 cm³/mol. The zero-order chi connectivity index (χ0) is 16.4. The van der Waals surface area contributed by atoms with E-state index in [1.165, 1.54) is 6.33 Å². The molecule has 0 spiro atoms. The second-order valence-electron chi connectivity index (χ2n) is 5.84. The second-order valence-corrected chi connectivity index (χ2v) is 5.84. The Bertz CT molecular complexity index is 766. The highest BCUT2D eigenvalue weighted by Crippen LogP contribution is 2.23. The third-order valence-electron chi connectivity index (χ3n) is 4.08. The molecule has 1 saturated heterocycles. The fraction of sp³-hybridized carbons (Fsp3) is 0.438. The molecule has 4 rings (SSSR count). The quantitative estimate of drug-likeness (QED) is 0.705. The lowest BCUT2D eigenvalue weighted by Gasteiger charge is -2.32. The van der Waals surface area contributed by atoms with Gasteiger partial charge >= 0.3 is 0 Å². The van der Waals surface area contributed by atoms with Crippen molar-refractivity contribution < 1.29 is 13.6 Å². The molecule has 0 bridgehead atoms. The van der Waals surface area contributed by atoms with E-state index in [1.807, 2.05) is 19.1 Å². The Labute approximate surface area is 139 Å². The van der Waals surface area contributed by atoms with Crippen LogP contribution in [0.3, 0.4) is 0 Å². The van der Waals surface area contributed by atoms with E-state index in [9.17, 15) is 0 Å². The minimum atomic E-state index is 0.0946. The molecule has 4 heterocycles. The fourth-order valence-corrected chi connectivity index (χ4v) is 2.86. The Morgan fingerprint density at radius 3 is 3.12 bits per heavy atom. The monoisotopic (exact) mass is 329 g/mol. The van der Waals surface area contributed by atoms with Crippen molar-refractivity contribution in [2.75, 3.05) is 19.7 Å². The van der Waals surface area contributed by atoms with Crippen molar-refractivity contribution in [3.8, 4) is 11.7 Å². The van der Waals surface area contributed by atoms with Gasteiger partial charge in [-0.3, -0.25) is 9.58 Å². The number of furan rings is 1. The first kappa shape index (κ1) is 15.1. The van der Waals surface area contributed by atoms with Gasteiger partial charge in [0.15, 0.2) is 5.76 Å². The van der Waals surface area contributed by atoms with Gasteiger partial charge in [0.1, 0.15) is 18.4 Å². The molecule has 126 valence electrons. The first-order chi connectivity index (χ1) is 11.8. The number of hydrogen-bond acceptors (Lipinski definition) is 7. The normalized spacial score (nSPS) is 19.0. The van der Waals surface area contributed by atoms with E-state index in [0.29, 0.717) is 24.8 Å². The van der Waals surface area contributed by atoms with E-state index in [-0.39, 0.29) is 6.10 Å². The van der Waals surface area contributed by atoms with E-state index in [0.717, 1.165) is 31.1 Å². The third kappa shape index (κ3) is 3.24. The van der Waals surface area contributed by atoms with E-state index in [4.69, 9.17) is 13.6 Å². The summed E-state index contributed by atoms with van der Waals surface area (Å²) in [7, 11) is 0. The SMILES string of the molecule is Cc1oc(-c2ccco2)nc1CN1CCO[C@@H](Cn2cncn2)C1. The van der Waals surface area contributed by atoms with Gasteiger partial charge in [-0.05, 0) is 19.1 Å². The molecule has 0 amide bonds. The number of aromatic nitrogens is 4. The summed E-state index contributed by atoms with van der Waals surface area (Å²) in [6, 6.07) is 3.67. The molecule has 3 aromatic rings. The van der Waals surface area contributed by atoms with Crippen molar-refractivity contribution in [2.45, 2.75) is 26.1 Å². The largest absolute Gasteiger partial charge is 0.459 e. The minimum Gasteiger partial charge on any atom is -0.459 e. The lowest BCUT2D eigenvalue weighted by atomic mass is 10.2. The molecule has 1 aliphatic rings. The van der Waals surface area contributed by atoms with Crippen molar-refractivity contribution in [1.29, 1.82) is 0 Å². The van der Waals surface area contributed by atoms with Crippen LogP contribution < -0.4 is 0 Å². The number of nitrogens with zero attached hydrogens (tertiary/aromatic N) is 5. The smallest absolute Gasteiger partial charge is 0.263 e. The van der Waals surface area contributed by atoms with Gasteiger partial charge in [-0.25, -0.2) is 9.97 Å². The maximum atomic E-state index is 5.82. The summed E-state index contributed by atoms with van der Waals surface area (Å²) in [5.41, 5.74) is 0.933. The van der Waals surface area contributed by atoms with Crippen LogP contribution in [0.2, 0.25) is 0 Å². The first-order valence-electron chi connectivity index (χ1n) is 7.94. The van der Waals surface area contributed by atoms with E-state index in [2.05, 4.69) is 20.0 Å². The molecule has 0 N–H and O–H groups in total. The van der Waals surface area contributed by atoms with Gasteiger partial charge in [0.2, 0.25) is 0 Å². The first-order valence-corrected chi connectivity index (χ1v) is 7.94. The number of hydrogen-bond donors (Lipinski definition) is 0. The number of rotatable bonds is 5. The minimum absolute atomic E-state index is 0.0946. The molecule has 1 atom stereocenters. The summed E-state index contributed by atoms with van der Waals surface area (Å²) >= 11 is 0. The Morgan fingerprint density at radius 2 is 2.33 bits per heavy atom. The maximum absolute atomic E-state index is 5.82. The van der Waals surface area contributed by atoms with E-state index in [1.54, 1.807) is 17.3 Å². The van der Waals surface area contributed by atoms with Crippen molar-refractivity contribution in [1.82, 2.24) is 24.6 Å². The highest BCUT2D eigenvalue weighted by Gasteiger charge is 2.23. The highest BCUT2D eigenvalue weighted by molar-refractivity contribution is 5.44. The van der Waals surface area contributed by atoms with Crippen molar-refractivity contribution in [2.24, 2.45) is 0 Å². The Balaban J connectivity index is 1.41. The van der Waals surface area contributed by atoms with Crippen LogP contribution in [-0.2, 0) is 17.8 Å². The maximum Gasteiger partial charge on any atom is 0.263 e. The summed E-state index contributed by atoms with van der Waals surface area (Å²) in [4.78, 5) is 10.9. The molecule has 0 unspecified atom stereocenters. The molecule has 1 aliphatic heterocycles. The average molecular weight is 329 g/mol. The zero-order valence-corrected chi connectivity index (χ0v) is 13.5. The van der Waals surface area contributed by atoms with Crippen LogP contribution in [0.1, 0.15) is 11.5 Å².